The maximum Gasteiger partial charge on any atom is 0.260 e. The molecular weight excluding hydrogens is 302 g/mol. The topological polar surface area (TPSA) is 90.7 Å². The molecule has 1 rings (SSSR count). The van der Waals surface area contributed by atoms with Crippen molar-refractivity contribution in [3.63, 3.8) is 0 Å². The average molecular weight is 315 g/mol. The Bertz CT molecular complexity index is 676. The van der Waals surface area contributed by atoms with Crippen LogP contribution in [-0.2, 0) is 4.79 Å². The van der Waals surface area contributed by atoms with Crippen LogP contribution in [0.1, 0.15) is 11.1 Å². The van der Waals surface area contributed by atoms with E-state index in [1.54, 1.807) is 24.5 Å². The average Bonchev–Trinajstić information content (AvgIpc) is 2.51. The third kappa shape index (κ3) is 4.42. The molecule has 0 saturated carbocycles. The standard InChI is InChI=1S/C15H13N3OS2/c1-20-13(11-5-3-10(8-16)4-6-11)7-14(21-2)12(9-17)15(18)19/h3-7H,1-2H3,(H2,18,19)/b13-7+,14-12-. The Balaban J connectivity index is 3.33. The number of thioether (sulfide) groups is 2. The van der Waals surface area contributed by atoms with Crippen molar-refractivity contribution >= 4 is 34.3 Å². The highest BCUT2D eigenvalue weighted by molar-refractivity contribution is 8.07. The Morgan fingerprint density at radius 1 is 1.19 bits per heavy atom. The van der Waals surface area contributed by atoms with Gasteiger partial charge in [-0.3, -0.25) is 4.79 Å². The Labute approximate surface area is 132 Å². The third-order valence-electron chi connectivity index (χ3n) is 2.61. The first-order valence-electron chi connectivity index (χ1n) is 5.81. The molecule has 4 nitrogen and oxygen atoms in total. The molecule has 106 valence electrons. The molecular formula is C15H13N3OS2. The summed E-state index contributed by atoms with van der Waals surface area (Å²) in [4.78, 5) is 12.7. The zero-order chi connectivity index (χ0) is 15.8. The second-order valence-corrected chi connectivity index (χ2v) is 5.52. The number of nitriles is 2. The van der Waals surface area contributed by atoms with Crippen molar-refractivity contribution in [2.24, 2.45) is 5.73 Å². The summed E-state index contributed by atoms with van der Waals surface area (Å²) in [7, 11) is 0. The molecule has 0 atom stereocenters. The van der Waals surface area contributed by atoms with Crippen molar-refractivity contribution in [3.05, 3.63) is 51.9 Å². The highest BCUT2D eigenvalue weighted by Gasteiger charge is 2.11. The molecule has 0 bridgehead atoms. The molecule has 1 amide bonds. The Hall–Kier alpha value is -2.15. The lowest BCUT2D eigenvalue weighted by molar-refractivity contribution is -0.114. The van der Waals surface area contributed by atoms with Gasteiger partial charge in [0.25, 0.3) is 5.91 Å². The van der Waals surface area contributed by atoms with Gasteiger partial charge in [0.15, 0.2) is 0 Å². The highest BCUT2D eigenvalue weighted by Crippen LogP contribution is 2.30. The molecule has 0 saturated heterocycles. The summed E-state index contributed by atoms with van der Waals surface area (Å²) in [6.07, 6.45) is 5.45. The summed E-state index contributed by atoms with van der Waals surface area (Å²) >= 11 is 2.78. The first-order valence-corrected chi connectivity index (χ1v) is 8.26. The SMILES string of the molecule is CSC(/C=C(/SC)c1ccc(C#N)cc1)=C(/C#N)C(N)=O. The van der Waals surface area contributed by atoms with Gasteiger partial charge in [-0.05, 0) is 36.3 Å². The fraction of sp³-hybridized carbons (Fsp3) is 0.133. The van der Waals surface area contributed by atoms with Crippen molar-refractivity contribution in [1.29, 1.82) is 10.5 Å². The molecule has 0 radical (unpaired) electrons. The number of amides is 1. The summed E-state index contributed by atoms with van der Waals surface area (Å²) in [5.74, 6) is -0.738. The molecule has 1 aromatic rings. The maximum atomic E-state index is 11.3. The third-order valence-corrected chi connectivity index (χ3v) is 4.16. The number of benzene rings is 1. The maximum absolute atomic E-state index is 11.3. The van der Waals surface area contributed by atoms with E-state index in [1.807, 2.05) is 24.5 Å². The minimum Gasteiger partial charge on any atom is -0.365 e. The number of hydrogen-bond acceptors (Lipinski definition) is 5. The van der Waals surface area contributed by atoms with Crippen LogP contribution in [0.25, 0.3) is 4.91 Å². The van der Waals surface area contributed by atoms with Gasteiger partial charge in [0.1, 0.15) is 11.6 Å². The lowest BCUT2D eigenvalue weighted by Crippen LogP contribution is -2.13. The quantitative estimate of drug-likeness (QED) is 0.512. The second kappa shape index (κ2) is 8.21. The van der Waals surface area contributed by atoms with Crippen molar-refractivity contribution in [2.75, 3.05) is 12.5 Å². The number of primary amides is 1. The number of carbonyl (C=O) groups excluding carboxylic acids is 1. The smallest absolute Gasteiger partial charge is 0.260 e. The van der Waals surface area contributed by atoms with E-state index in [0.29, 0.717) is 10.5 Å². The number of nitrogens with two attached hydrogens (primary N) is 1. The van der Waals surface area contributed by atoms with E-state index < -0.39 is 5.91 Å². The minimum absolute atomic E-state index is 0.0531. The normalized spacial score (nSPS) is 12.1. The van der Waals surface area contributed by atoms with E-state index in [0.717, 1.165) is 10.5 Å². The van der Waals surface area contributed by atoms with Crippen LogP contribution in [0.2, 0.25) is 0 Å². The van der Waals surface area contributed by atoms with Crippen LogP contribution in [0.15, 0.2) is 40.8 Å². The summed E-state index contributed by atoms with van der Waals surface area (Å²) in [6.45, 7) is 0. The molecule has 1 aromatic carbocycles. The molecule has 0 heterocycles. The Morgan fingerprint density at radius 3 is 2.19 bits per heavy atom. The van der Waals surface area contributed by atoms with Gasteiger partial charge >= 0.3 is 0 Å². The number of hydrogen-bond donors (Lipinski definition) is 1. The van der Waals surface area contributed by atoms with Gasteiger partial charge in [0.05, 0.1) is 11.6 Å². The molecule has 6 heteroatoms. The largest absolute Gasteiger partial charge is 0.365 e. The van der Waals surface area contributed by atoms with Crippen molar-refractivity contribution in [1.82, 2.24) is 0 Å². The zero-order valence-electron chi connectivity index (χ0n) is 11.6. The molecule has 0 aliphatic rings. The molecule has 21 heavy (non-hydrogen) atoms. The van der Waals surface area contributed by atoms with Gasteiger partial charge in [-0.1, -0.05) is 12.1 Å². The van der Waals surface area contributed by atoms with E-state index >= 15 is 0 Å². The molecule has 0 aromatic heterocycles. The number of rotatable bonds is 5. The molecule has 0 fully saturated rings. The zero-order valence-corrected chi connectivity index (χ0v) is 13.2. The highest BCUT2D eigenvalue weighted by atomic mass is 32.2. The fourth-order valence-electron chi connectivity index (χ4n) is 1.55. The Morgan fingerprint density at radius 2 is 1.81 bits per heavy atom. The summed E-state index contributed by atoms with van der Waals surface area (Å²) in [5, 5.41) is 17.8. The number of nitrogens with zero attached hydrogens (tertiary/aromatic N) is 2. The van der Waals surface area contributed by atoms with Gasteiger partial charge in [-0.25, -0.2) is 0 Å². The van der Waals surface area contributed by atoms with Gasteiger partial charge in [-0.15, -0.1) is 23.5 Å². The second-order valence-electron chi connectivity index (χ2n) is 3.82. The van der Waals surface area contributed by atoms with Crippen LogP contribution in [0.3, 0.4) is 0 Å². The van der Waals surface area contributed by atoms with Crippen molar-refractivity contribution in [2.45, 2.75) is 0 Å². The monoisotopic (exact) mass is 315 g/mol. The van der Waals surface area contributed by atoms with Crippen molar-refractivity contribution < 1.29 is 4.79 Å². The predicted octanol–water partition coefficient (Wildman–Crippen LogP) is 2.89. The molecule has 2 N–H and O–H groups in total. The van der Waals surface area contributed by atoms with Crippen molar-refractivity contribution in [3.8, 4) is 12.1 Å². The fourth-order valence-corrected chi connectivity index (χ4v) is 2.82. The van der Waals surface area contributed by atoms with Gasteiger partial charge < -0.3 is 5.73 Å². The van der Waals surface area contributed by atoms with E-state index in [1.165, 1.54) is 23.5 Å². The van der Waals surface area contributed by atoms with Crippen LogP contribution in [0.5, 0.6) is 0 Å². The number of carbonyl (C=O) groups is 1. The molecule has 0 spiro atoms. The van der Waals surface area contributed by atoms with Crippen LogP contribution < -0.4 is 5.73 Å². The summed E-state index contributed by atoms with van der Waals surface area (Å²) in [5.41, 5.74) is 6.65. The first kappa shape index (κ1) is 16.9. The Kier molecular flexibility index (Phi) is 6.61. The lowest BCUT2D eigenvalue weighted by atomic mass is 10.1. The van der Waals surface area contributed by atoms with Gasteiger partial charge in [-0.2, -0.15) is 10.5 Å². The molecule has 0 aliphatic heterocycles. The molecule has 0 unspecified atom stereocenters. The van der Waals surface area contributed by atoms with Gasteiger partial charge in [0.2, 0.25) is 0 Å². The summed E-state index contributed by atoms with van der Waals surface area (Å²) < 4.78 is 0. The van der Waals surface area contributed by atoms with E-state index in [-0.39, 0.29) is 5.57 Å². The van der Waals surface area contributed by atoms with Crippen LogP contribution in [0.4, 0.5) is 0 Å². The van der Waals surface area contributed by atoms with E-state index in [9.17, 15) is 4.79 Å². The first-order chi connectivity index (χ1) is 10.1. The molecule has 0 aliphatic carbocycles. The van der Waals surface area contributed by atoms with E-state index in [2.05, 4.69) is 6.07 Å². The van der Waals surface area contributed by atoms with Crippen LogP contribution >= 0.6 is 23.5 Å². The van der Waals surface area contributed by atoms with Crippen LogP contribution in [0, 0.1) is 22.7 Å². The van der Waals surface area contributed by atoms with Gasteiger partial charge in [0, 0.05) is 9.81 Å². The van der Waals surface area contributed by atoms with E-state index in [4.69, 9.17) is 16.3 Å². The minimum atomic E-state index is -0.738. The number of allylic oxidation sites excluding steroid dienone is 1. The van der Waals surface area contributed by atoms with Crippen LogP contribution in [-0.4, -0.2) is 18.4 Å². The summed E-state index contributed by atoms with van der Waals surface area (Å²) in [6, 6.07) is 11.0. The lowest BCUT2D eigenvalue weighted by Gasteiger charge is -2.07. The predicted molar refractivity (Wildman–Crippen MR) is 88.0 cm³/mol.